The quantitative estimate of drug-likeness (QED) is 0.830. The summed E-state index contributed by atoms with van der Waals surface area (Å²) in [5.74, 6) is 1.52. The van der Waals surface area contributed by atoms with E-state index in [4.69, 9.17) is 9.68 Å². The average Bonchev–Trinajstić information content (AvgIpc) is 2.64. The van der Waals surface area contributed by atoms with Gasteiger partial charge in [-0.2, -0.15) is 5.26 Å². The number of nitrogens with one attached hydrogen (secondary N) is 1. The van der Waals surface area contributed by atoms with Gasteiger partial charge in [0.15, 0.2) is 0 Å². The smallest absolute Gasteiger partial charge is 0.211 e. The number of rotatable bonds is 5. The number of nitriles is 1. The monoisotopic (exact) mass is 221 g/mol. The van der Waals surface area contributed by atoms with Crippen LogP contribution in [0.5, 0.6) is 0 Å². The molecule has 1 heterocycles. The van der Waals surface area contributed by atoms with Crippen molar-refractivity contribution in [3.8, 4) is 6.07 Å². The topological polar surface area (TPSA) is 61.9 Å². The molecule has 1 atom stereocenters. The molecule has 0 fully saturated rings. The lowest BCUT2D eigenvalue weighted by atomic mass is 9.91. The van der Waals surface area contributed by atoms with Crippen LogP contribution in [0, 0.1) is 23.7 Å². The maximum absolute atomic E-state index is 8.87. The molecule has 0 aliphatic rings. The van der Waals surface area contributed by atoms with E-state index in [2.05, 4.69) is 16.4 Å². The summed E-state index contributed by atoms with van der Waals surface area (Å²) < 4.78 is 5.42. The summed E-state index contributed by atoms with van der Waals surface area (Å²) in [7, 11) is 0. The van der Waals surface area contributed by atoms with Gasteiger partial charge in [0.05, 0.1) is 23.7 Å². The highest BCUT2D eigenvalue weighted by atomic mass is 16.4. The van der Waals surface area contributed by atoms with Crippen molar-refractivity contribution >= 4 is 0 Å². The van der Waals surface area contributed by atoms with E-state index in [1.165, 1.54) is 0 Å². The Hall–Kier alpha value is -1.34. The zero-order valence-corrected chi connectivity index (χ0v) is 10.4. The maximum Gasteiger partial charge on any atom is 0.211 e. The molecule has 0 radical (unpaired) electrons. The Morgan fingerprint density at radius 1 is 1.62 bits per heavy atom. The molecule has 0 spiro atoms. The zero-order chi connectivity index (χ0) is 12.2. The molecule has 88 valence electrons. The second-order valence-electron chi connectivity index (χ2n) is 4.73. The van der Waals surface area contributed by atoms with Crippen molar-refractivity contribution in [1.29, 1.82) is 5.26 Å². The predicted octanol–water partition coefficient (Wildman–Crippen LogP) is 2.57. The van der Waals surface area contributed by atoms with E-state index >= 15 is 0 Å². The molecule has 1 aromatic heterocycles. The van der Waals surface area contributed by atoms with Crippen LogP contribution in [-0.2, 0) is 0 Å². The van der Waals surface area contributed by atoms with Crippen molar-refractivity contribution in [3.05, 3.63) is 17.8 Å². The summed E-state index contributed by atoms with van der Waals surface area (Å²) in [6.07, 6.45) is 2.53. The molecular weight excluding hydrogens is 202 g/mol. The van der Waals surface area contributed by atoms with E-state index in [0.717, 1.165) is 18.7 Å². The fraction of sp³-hybridized carbons (Fsp3) is 0.667. The molecule has 1 rings (SSSR count). The van der Waals surface area contributed by atoms with Gasteiger partial charge in [0.25, 0.3) is 0 Å². The second-order valence-corrected chi connectivity index (χ2v) is 4.73. The summed E-state index contributed by atoms with van der Waals surface area (Å²) in [5, 5.41) is 12.2. The molecule has 0 aromatic carbocycles. The number of hydrogen-bond acceptors (Lipinski definition) is 4. The summed E-state index contributed by atoms with van der Waals surface area (Å²) in [5.41, 5.74) is -0.279. The molecule has 1 unspecified atom stereocenters. The zero-order valence-electron chi connectivity index (χ0n) is 10.4. The molecule has 1 N–H and O–H groups in total. The van der Waals surface area contributed by atoms with Gasteiger partial charge in [-0.1, -0.05) is 0 Å². The lowest BCUT2D eigenvalue weighted by molar-refractivity contribution is 0.373. The van der Waals surface area contributed by atoms with Crippen LogP contribution in [-0.4, -0.2) is 11.5 Å². The van der Waals surface area contributed by atoms with Gasteiger partial charge in [-0.3, -0.25) is 0 Å². The van der Waals surface area contributed by atoms with Gasteiger partial charge in [-0.25, -0.2) is 4.98 Å². The van der Waals surface area contributed by atoms with Crippen LogP contribution in [0.15, 0.2) is 10.6 Å². The van der Waals surface area contributed by atoms with Crippen molar-refractivity contribution < 1.29 is 4.42 Å². The highest BCUT2D eigenvalue weighted by molar-refractivity contribution is 4.96. The Bertz CT molecular complexity index is 376. The van der Waals surface area contributed by atoms with Crippen molar-refractivity contribution in [2.24, 2.45) is 5.41 Å². The third-order valence-corrected chi connectivity index (χ3v) is 2.51. The number of hydrogen-bond donors (Lipinski definition) is 1. The third kappa shape index (κ3) is 3.67. The van der Waals surface area contributed by atoms with E-state index in [1.807, 2.05) is 27.7 Å². The Morgan fingerprint density at radius 2 is 2.31 bits per heavy atom. The Morgan fingerprint density at radius 3 is 2.81 bits per heavy atom. The van der Waals surface area contributed by atoms with Crippen LogP contribution >= 0.6 is 0 Å². The summed E-state index contributed by atoms with van der Waals surface area (Å²) in [6, 6.07) is 2.37. The maximum atomic E-state index is 8.87. The lowest BCUT2D eigenvalue weighted by Gasteiger charge is -2.17. The Kier molecular flexibility index (Phi) is 4.08. The van der Waals surface area contributed by atoms with Crippen molar-refractivity contribution in [1.82, 2.24) is 10.3 Å². The Labute approximate surface area is 96.7 Å². The average molecular weight is 221 g/mol. The number of aryl methyl sites for hydroxylation is 1. The fourth-order valence-corrected chi connectivity index (χ4v) is 1.32. The molecule has 4 heteroatoms. The van der Waals surface area contributed by atoms with Gasteiger partial charge >= 0.3 is 0 Å². The van der Waals surface area contributed by atoms with E-state index < -0.39 is 0 Å². The minimum atomic E-state index is -0.279. The molecule has 16 heavy (non-hydrogen) atoms. The minimum Gasteiger partial charge on any atom is -0.444 e. The summed E-state index contributed by atoms with van der Waals surface area (Å²) >= 11 is 0. The third-order valence-electron chi connectivity index (χ3n) is 2.51. The first-order valence-corrected chi connectivity index (χ1v) is 5.51. The van der Waals surface area contributed by atoms with Crippen LogP contribution in [0.2, 0.25) is 0 Å². The molecule has 0 aliphatic carbocycles. The molecule has 0 bridgehead atoms. The highest BCUT2D eigenvalue weighted by Crippen LogP contribution is 2.18. The molecule has 0 saturated carbocycles. The summed E-state index contributed by atoms with van der Waals surface area (Å²) in [4.78, 5) is 4.16. The van der Waals surface area contributed by atoms with Gasteiger partial charge in [0.1, 0.15) is 5.76 Å². The summed E-state index contributed by atoms with van der Waals surface area (Å²) in [6.45, 7) is 8.54. The van der Waals surface area contributed by atoms with Crippen molar-refractivity contribution in [2.75, 3.05) is 6.54 Å². The van der Waals surface area contributed by atoms with Gasteiger partial charge in [-0.15, -0.1) is 0 Å². The minimum absolute atomic E-state index is 0.0863. The van der Waals surface area contributed by atoms with Gasteiger partial charge in [0.2, 0.25) is 5.89 Å². The number of nitrogens with zero attached hydrogens (tertiary/aromatic N) is 2. The van der Waals surface area contributed by atoms with Crippen LogP contribution in [0.1, 0.15) is 44.9 Å². The number of oxazole rings is 1. The first-order chi connectivity index (χ1) is 7.44. The van der Waals surface area contributed by atoms with Gasteiger partial charge in [0, 0.05) is 0 Å². The van der Waals surface area contributed by atoms with Crippen LogP contribution in [0.3, 0.4) is 0 Å². The van der Waals surface area contributed by atoms with Crippen molar-refractivity contribution in [3.63, 3.8) is 0 Å². The first kappa shape index (κ1) is 12.7. The lowest BCUT2D eigenvalue weighted by Crippen LogP contribution is -2.24. The number of aromatic nitrogens is 1. The molecule has 0 amide bonds. The standard InChI is InChI=1S/C12H19N3O/c1-9-7-15-11(16-9)10(2)14-6-5-12(3,4)8-13/h7,10,14H,5-6H2,1-4H3. The SMILES string of the molecule is Cc1cnc(C(C)NCCC(C)(C)C#N)o1. The van der Waals surface area contributed by atoms with E-state index in [-0.39, 0.29) is 11.5 Å². The van der Waals surface area contributed by atoms with Crippen LogP contribution < -0.4 is 5.32 Å². The predicted molar refractivity (Wildman–Crippen MR) is 61.7 cm³/mol. The molecule has 4 nitrogen and oxygen atoms in total. The normalized spacial score (nSPS) is 13.4. The van der Waals surface area contributed by atoms with E-state index in [0.29, 0.717) is 5.89 Å². The van der Waals surface area contributed by atoms with E-state index in [1.54, 1.807) is 6.20 Å². The highest BCUT2D eigenvalue weighted by Gasteiger charge is 2.17. The van der Waals surface area contributed by atoms with Crippen LogP contribution in [0.4, 0.5) is 0 Å². The largest absolute Gasteiger partial charge is 0.444 e. The first-order valence-electron chi connectivity index (χ1n) is 5.51. The van der Waals surface area contributed by atoms with Crippen LogP contribution in [0.25, 0.3) is 0 Å². The fourth-order valence-electron chi connectivity index (χ4n) is 1.32. The molecular formula is C12H19N3O. The van der Waals surface area contributed by atoms with Gasteiger partial charge < -0.3 is 9.73 Å². The van der Waals surface area contributed by atoms with E-state index in [9.17, 15) is 0 Å². The molecule has 0 saturated heterocycles. The second kappa shape index (κ2) is 5.13. The Balaban J connectivity index is 2.37. The van der Waals surface area contributed by atoms with Crippen molar-refractivity contribution in [2.45, 2.75) is 40.2 Å². The van der Waals surface area contributed by atoms with Gasteiger partial charge in [-0.05, 0) is 40.7 Å². The molecule has 1 aromatic rings. The molecule has 0 aliphatic heterocycles.